The van der Waals surface area contributed by atoms with E-state index in [-0.39, 0.29) is 23.6 Å². The predicted octanol–water partition coefficient (Wildman–Crippen LogP) is 1.32. The Labute approximate surface area is 183 Å². The van der Waals surface area contributed by atoms with Gasteiger partial charge in [0.15, 0.2) is 5.96 Å². The molecule has 1 amide bonds. The fraction of sp³-hybridized carbons (Fsp3) is 0.591. The van der Waals surface area contributed by atoms with Crippen molar-refractivity contribution >= 4 is 23.5 Å². The summed E-state index contributed by atoms with van der Waals surface area (Å²) in [6.45, 7) is 4.78. The Kier molecular flexibility index (Phi) is 8.08. The summed E-state index contributed by atoms with van der Waals surface area (Å²) in [5.74, 6) is 0.443. The molecule has 0 unspecified atom stereocenters. The Bertz CT molecular complexity index is 770. The number of carbonyl (C=O) groups excluding carboxylic acids is 2. The van der Waals surface area contributed by atoms with Crippen molar-refractivity contribution in [1.29, 1.82) is 0 Å². The van der Waals surface area contributed by atoms with Gasteiger partial charge in [-0.2, -0.15) is 0 Å². The minimum absolute atomic E-state index is 0.0467. The lowest BCUT2D eigenvalue weighted by Crippen LogP contribution is -2.50. The van der Waals surface area contributed by atoms with Crippen LogP contribution >= 0.6 is 0 Å². The molecule has 1 N–H and O–H groups in total. The van der Waals surface area contributed by atoms with Gasteiger partial charge in [0.2, 0.25) is 5.91 Å². The van der Waals surface area contributed by atoms with Gasteiger partial charge in [-0.15, -0.1) is 0 Å². The summed E-state index contributed by atoms with van der Waals surface area (Å²) < 4.78 is 17.9. The van der Waals surface area contributed by atoms with Crippen molar-refractivity contribution in [3.8, 4) is 0 Å². The maximum absolute atomic E-state index is 13.1. The SMILES string of the molecule is CN=C(NCCC(=O)N1CCN(c2ccc(F)cc2)CC1)N1CCC(C(=O)OC)CC1. The number of ether oxygens (including phenoxy) is 1. The average molecular weight is 434 g/mol. The van der Waals surface area contributed by atoms with E-state index in [1.165, 1.54) is 19.2 Å². The number of carbonyl (C=O) groups is 2. The Balaban J connectivity index is 1.38. The molecule has 3 rings (SSSR count). The van der Waals surface area contributed by atoms with Crippen LogP contribution in [0.2, 0.25) is 0 Å². The quantitative estimate of drug-likeness (QED) is 0.429. The van der Waals surface area contributed by atoms with Crippen LogP contribution in [0, 0.1) is 11.7 Å². The molecule has 2 aliphatic rings. The third-order valence-electron chi connectivity index (χ3n) is 5.99. The second kappa shape index (κ2) is 11.0. The average Bonchev–Trinajstić information content (AvgIpc) is 2.82. The largest absolute Gasteiger partial charge is 0.469 e. The number of rotatable bonds is 5. The van der Waals surface area contributed by atoms with Gasteiger partial charge in [-0.3, -0.25) is 14.6 Å². The first-order valence-corrected chi connectivity index (χ1v) is 10.8. The van der Waals surface area contributed by atoms with Crippen molar-refractivity contribution in [2.24, 2.45) is 10.9 Å². The molecule has 9 heteroatoms. The fourth-order valence-electron chi connectivity index (χ4n) is 4.13. The highest BCUT2D eigenvalue weighted by Crippen LogP contribution is 2.19. The molecule has 0 aromatic heterocycles. The van der Waals surface area contributed by atoms with Gasteiger partial charge in [-0.05, 0) is 37.1 Å². The number of piperidine rings is 1. The first-order chi connectivity index (χ1) is 15.0. The molecule has 2 fully saturated rings. The Hall–Kier alpha value is -2.84. The summed E-state index contributed by atoms with van der Waals surface area (Å²) in [4.78, 5) is 34.8. The summed E-state index contributed by atoms with van der Waals surface area (Å²) in [5.41, 5.74) is 0.981. The van der Waals surface area contributed by atoms with Crippen molar-refractivity contribution in [1.82, 2.24) is 15.1 Å². The van der Waals surface area contributed by atoms with Gasteiger partial charge in [0.05, 0.1) is 13.0 Å². The number of piperazine rings is 1. The van der Waals surface area contributed by atoms with E-state index in [1.807, 2.05) is 4.90 Å². The van der Waals surface area contributed by atoms with Gasteiger partial charge in [0.1, 0.15) is 5.82 Å². The predicted molar refractivity (Wildman–Crippen MR) is 117 cm³/mol. The van der Waals surface area contributed by atoms with Crippen LogP contribution < -0.4 is 10.2 Å². The summed E-state index contributed by atoms with van der Waals surface area (Å²) in [6.07, 6.45) is 1.88. The van der Waals surface area contributed by atoms with Crippen LogP contribution in [0.25, 0.3) is 0 Å². The summed E-state index contributed by atoms with van der Waals surface area (Å²) in [6, 6.07) is 6.47. The van der Waals surface area contributed by atoms with Gasteiger partial charge in [-0.1, -0.05) is 0 Å². The summed E-state index contributed by atoms with van der Waals surface area (Å²) in [5, 5.41) is 3.27. The number of benzene rings is 1. The number of hydrogen-bond donors (Lipinski definition) is 1. The van der Waals surface area contributed by atoms with E-state index in [4.69, 9.17) is 4.74 Å². The minimum atomic E-state index is -0.243. The molecule has 0 spiro atoms. The number of halogens is 1. The Morgan fingerprint density at radius 3 is 2.29 bits per heavy atom. The molecule has 31 heavy (non-hydrogen) atoms. The van der Waals surface area contributed by atoms with Crippen molar-refractivity contribution < 1.29 is 18.7 Å². The molecule has 0 bridgehead atoms. The van der Waals surface area contributed by atoms with Gasteiger partial charge >= 0.3 is 5.97 Å². The zero-order valence-corrected chi connectivity index (χ0v) is 18.3. The molecule has 1 aromatic carbocycles. The molecule has 1 aromatic rings. The number of guanidine groups is 1. The van der Waals surface area contributed by atoms with Gasteiger partial charge in [-0.25, -0.2) is 4.39 Å². The molecular formula is C22H32FN5O3. The molecule has 0 saturated carbocycles. The lowest BCUT2D eigenvalue weighted by molar-refractivity contribution is -0.146. The first-order valence-electron chi connectivity index (χ1n) is 10.8. The molecule has 0 aliphatic carbocycles. The van der Waals surface area contributed by atoms with Crippen LogP contribution in [0.4, 0.5) is 10.1 Å². The van der Waals surface area contributed by atoms with Gasteiger partial charge < -0.3 is 24.8 Å². The number of hydrogen-bond acceptors (Lipinski definition) is 5. The smallest absolute Gasteiger partial charge is 0.308 e. The third-order valence-corrected chi connectivity index (χ3v) is 5.99. The second-order valence-electron chi connectivity index (χ2n) is 7.85. The molecule has 2 aliphatic heterocycles. The number of nitrogens with one attached hydrogen (secondary N) is 1. The number of anilines is 1. The zero-order chi connectivity index (χ0) is 22.2. The number of nitrogens with zero attached hydrogens (tertiary/aromatic N) is 4. The standard InChI is InChI=1S/C22H32FN5O3/c1-24-22(28-11-8-17(9-12-28)21(30)31-2)25-10-7-20(29)27-15-13-26(14-16-27)19-5-3-18(23)4-6-19/h3-6,17H,7-16H2,1-2H3,(H,24,25). The van der Waals surface area contributed by atoms with Crippen molar-refractivity contribution in [2.75, 3.05) is 64.9 Å². The van der Waals surface area contributed by atoms with Crippen molar-refractivity contribution in [3.05, 3.63) is 30.1 Å². The van der Waals surface area contributed by atoms with Crippen molar-refractivity contribution in [3.63, 3.8) is 0 Å². The van der Waals surface area contributed by atoms with E-state index in [9.17, 15) is 14.0 Å². The highest BCUT2D eigenvalue weighted by Gasteiger charge is 2.27. The minimum Gasteiger partial charge on any atom is -0.469 e. The van der Waals surface area contributed by atoms with Gasteiger partial charge in [0, 0.05) is 65.0 Å². The maximum atomic E-state index is 13.1. The van der Waals surface area contributed by atoms with Crippen LogP contribution in [0.1, 0.15) is 19.3 Å². The topological polar surface area (TPSA) is 77.5 Å². The Morgan fingerprint density at radius 1 is 1.06 bits per heavy atom. The first kappa shape index (κ1) is 22.8. The molecule has 8 nitrogen and oxygen atoms in total. The zero-order valence-electron chi connectivity index (χ0n) is 18.3. The van der Waals surface area contributed by atoms with Crippen LogP contribution in [-0.2, 0) is 14.3 Å². The monoisotopic (exact) mass is 433 g/mol. The van der Waals surface area contributed by atoms with Crippen LogP contribution in [-0.4, -0.2) is 87.6 Å². The fourth-order valence-corrected chi connectivity index (χ4v) is 4.13. The highest BCUT2D eigenvalue weighted by atomic mass is 19.1. The number of amides is 1. The second-order valence-corrected chi connectivity index (χ2v) is 7.85. The molecule has 2 heterocycles. The van der Waals surface area contributed by atoms with E-state index in [0.29, 0.717) is 26.1 Å². The highest BCUT2D eigenvalue weighted by molar-refractivity contribution is 5.82. The molecule has 0 atom stereocenters. The normalized spacial score (nSPS) is 18.2. The van der Waals surface area contributed by atoms with Gasteiger partial charge in [0.25, 0.3) is 0 Å². The maximum Gasteiger partial charge on any atom is 0.308 e. The third kappa shape index (κ3) is 6.08. The number of methoxy groups -OCH3 is 1. The Morgan fingerprint density at radius 2 is 1.71 bits per heavy atom. The summed E-state index contributed by atoms with van der Waals surface area (Å²) in [7, 11) is 3.15. The van der Waals surface area contributed by atoms with E-state index in [2.05, 4.69) is 20.1 Å². The van der Waals surface area contributed by atoms with Crippen LogP contribution in [0.5, 0.6) is 0 Å². The van der Waals surface area contributed by atoms with Crippen molar-refractivity contribution in [2.45, 2.75) is 19.3 Å². The van der Waals surface area contributed by atoms with E-state index >= 15 is 0 Å². The van der Waals surface area contributed by atoms with E-state index in [1.54, 1.807) is 19.2 Å². The van der Waals surface area contributed by atoms with E-state index in [0.717, 1.165) is 50.7 Å². The number of esters is 1. The molecule has 0 radical (unpaired) electrons. The number of likely N-dealkylation sites (tertiary alicyclic amines) is 1. The summed E-state index contributed by atoms with van der Waals surface area (Å²) >= 11 is 0. The lowest BCUT2D eigenvalue weighted by atomic mass is 9.97. The van der Waals surface area contributed by atoms with Crippen LogP contribution in [0.3, 0.4) is 0 Å². The van der Waals surface area contributed by atoms with E-state index < -0.39 is 0 Å². The lowest BCUT2D eigenvalue weighted by Gasteiger charge is -2.36. The molecular weight excluding hydrogens is 401 g/mol. The number of aliphatic imine (C=N–C) groups is 1. The molecule has 2 saturated heterocycles. The molecule has 170 valence electrons. The van der Waals surface area contributed by atoms with Crippen LogP contribution in [0.15, 0.2) is 29.3 Å².